The number of carbonyl (C=O) groups is 1. The maximum atomic E-state index is 12.1. The second kappa shape index (κ2) is 6.76. The lowest BCUT2D eigenvalue weighted by molar-refractivity contribution is -0.614. The van der Waals surface area contributed by atoms with Crippen LogP contribution in [0, 0.1) is 5.21 Å². The van der Waals surface area contributed by atoms with Gasteiger partial charge in [0.1, 0.15) is 17.2 Å². The van der Waals surface area contributed by atoms with Crippen molar-refractivity contribution < 1.29 is 9.52 Å². The fraction of sp³-hybridized carbons (Fsp3) is 0.0625. The average molecular weight is 346 g/mol. The van der Waals surface area contributed by atoms with Gasteiger partial charge in [-0.3, -0.25) is 4.79 Å². The van der Waals surface area contributed by atoms with E-state index in [1.165, 1.54) is 17.5 Å². The summed E-state index contributed by atoms with van der Waals surface area (Å²) in [5.41, 5.74) is 1.70. The van der Waals surface area contributed by atoms with Crippen LogP contribution in [0.3, 0.4) is 0 Å². The first-order valence-corrected chi connectivity index (χ1v) is 8.06. The molecule has 1 amide bonds. The number of carbonyl (C=O) groups excluding carboxylic acids is 1. The number of hydrogen-bond acceptors (Lipinski definition) is 4. The summed E-state index contributed by atoms with van der Waals surface area (Å²) in [7, 11) is 0. The minimum Gasteiger partial charge on any atom is -0.618 e. The van der Waals surface area contributed by atoms with Gasteiger partial charge in [-0.1, -0.05) is 23.7 Å². The van der Waals surface area contributed by atoms with Crippen LogP contribution in [0.1, 0.15) is 16.2 Å². The van der Waals surface area contributed by atoms with E-state index in [1.807, 2.05) is 12.1 Å². The van der Waals surface area contributed by atoms with Crippen molar-refractivity contribution >= 4 is 28.8 Å². The van der Waals surface area contributed by atoms with Gasteiger partial charge in [-0.15, -0.1) is 11.3 Å². The minimum absolute atomic E-state index is 0.150. The lowest BCUT2D eigenvalue weighted by atomic mass is 10.2. The fourth-order valence-corrected chi connectivity index (χ4v) is 2.90. The minimum atomic E-state index is -0.315. The number of hydrogen-bond donors (Lipinski definition) is 1. The van der Waals surface area contributed by atoms with Gasteiger partial charge in [0.15, 0.2) is 6.20 Å². The van der Waals surface area contributed by atoms with Crippen molar-refractivity contribution in [2.24, 2.45) is 0 Å². The van der Waals surface area contributed by atoms with Gasteiger partial charge in [0.25, 0.3) is 5.91 Å². The van der Waals surface area contributed by atoms with Crippen molar-refractivity contribution in [1.82, 2.24) is 10.3 Å². The van der Waals surface area contributed by atoms with Crippen molar-refractivity contribution in [3.63, 3.8) is 0 Å². The van der Waals surface area contributed by atoms with Gasteiger partial charge in [-0.05, 0) is 18.2 Å². The fourth-order valence-electron chi connectivity index (χ4n) is 1.97. The van der Waals surface area contributed by atoms with Crippen molar-refractivity contribution in [2.75, 3.05) is 0 Å². The molecule has 0 atom stereocenters. The molecule has 23 heavy (non-hydrogen) atoms. The largest absolute Gasteiger partial charge is 0.618 e. The van der Waals surface area contributed by atoms with Crippen molar-refractivity contribution in [3.8, 4) is 10.6 Å². The molecule has 0 aliphatic heterocycles. The number of amides is 1. The number of nitrogens with zero attached hydrogens (tertiary/aromatic N) is 2. The van der Waals surface area contributed by atoms with Crippen LogP contribution < -0.4 is 10.0 Å². The van der Waals surface area contributed by atoms with Crippen LogP contribution in [0.5, 0.6) is 0 Å². The van der Waals surface area contributed by atoms with E-state index in [9.17, 15) is 10.0 Å². The number of halogens is 1. The van der Waals surface area contributed by atoms with E-state index in [2.05, 4.69) is 10.3 Å². The summed E-state index contributed by atoms with van der Waals surface area (Å²) in [4.78, 5) is 16.5. The van der Waals surface area contributed by atoms with E-state index in [0.717, 1.165) is 15.3 Å². The molecule has 0 bridgehead atoms. The average Bonchev–Trinajstić information content (AvgIpc) is 3.04. The number of pyridine rings is 1. The molecule has 0 aliphatic rings. The van der Waals surface area contributed by atoms with Gasteiger partial charge in [0, 0.05) is 28.1 Å². The Hall–Kier alpha value is -2.44. The highest BCUT2D eigenvalue weighted by Gasteiger charge is 2.13. The topological polar surface area (TPSA) is 68.9 Å². The molecular formula is C16H12ClN3O2S. The molecule has 116 valence electrons. The zero-order valence-electron chi connectivity index (χ0n) is 11.9. The van der Waals surface area contributed by atoms with E-state index in [4.69, 9.17) is 11.6 Å². The molecule has 0 spiro atoms. The Morgan fingerprint density at radius 3 is 2.78 bits per heavy atom. The summed E-state index contributed by atoms with van der Waals surface area (Å²) >= 11 is 7.24. The molecular weight excluding hydrogens is 334 g/mol. The zero-order chi connectivity index (χ0) is 16.2. The van der Waals surface area contributed by atoms with Crippen LogP contribution in [0.15, 0.2) is 54.0 Å². The van der Waals surface area contributed by atoms with E-state index in [0.29, 0.717) is 16.4 Å². The van der Waals surface area contributed by atoms with Gasteiger partial charge < -0.3 is 10.5 Å². The van der Waals surface area contributed by atoms with Crippen LogP contribution >= 0.6 is 22.9 Å². The Bertz CT molecular complexity index is 833. The first-order valence-electron chi connectivity index (χ1n) is 6.80. The van der Waals surface area contributed by atoms with Crippen LogP contribution in [0.4, 0.5) is 0 Å². The van der Waals surface area contributed by atoms with Gasteiger partial charge in [-0.2, -0.15) is 4.73 Å². The third-order valence-corrected chi connectivity index (χ3v) is 4.31. The Labute approximate surface area is 141 Å². The predicted octanol–water partition coefficient (Wildman–Crippen LogP) is 3.03. The first kappa shape index (κ1) is 15.5. The van der Waals surface area contributed by atoms with Gasteiger partial charge in [-0.25, -0.2) is 4.98 Å². The van der Waals surface area contributed by atoms with E-state index < -0.39 is 0 Å². The Morgan fingerprint density at radius 1 is 1.26 bits per heavy atom. The molecule has 2 heterocycles. The molecule has 0 radical (unpaired) electrons. The second-order valence-electron chi connectivity index (χ2n) is 4.75. The van der Waals surface area contributed by atoms with E-state index in [-0.39, 0.29) is 12.5 Å². The van der Waals surface area contributed by atoms with Crippen molar-refractivity contribution in [1.29, 1.82) is 0 Å². The first-order chi connectivity index (χ1) is 11.1. The maximum Gasteiger partial charge on any atom is 0.271 e. The van der Waals surface area contributed by atoms with Crippen LogP contribution in [-0.2, 0) is 6.54 Å². The van der Waals surface area contributed by atoms with Crippen molar-refractivity contribution in [3.05, 3.63) is 75.7 Å². The monoisotopic (exact) mass is 345 g/mol. The highest BCUT2D eigenvalue weighted by atomic mass is 35.5. The number of thiazole rings is 1. The summed E-state index contributed by atoms with van der Waals surface area (Å²) in [6, 6.07) is 12.3. The van der Waals surface area contributed by atoms with Crippen LogP contribution in [0.25, 0.3) is 10.6 Å². The Balaban J connectivity index is 1.69. The maximum absolute atomic E-state index is 12.1. The summed E-state index contributed by atoms with van der Waals surface area (Å²) in [5, 5.41) is 17.3. The summed E-state index contributed by atoms with van der Waals surface area (Å²) < 4.78 is 0.723. The molecule has 7 heteroatoms. The third-order valence-electron chi connectivity index (χ3n) is 3.16. The SMILES string of the molecule is O=C(NCc1cccc[n+]1[O-])c1csc(-c2ccc(Cl)cc2)n1. The number of benzene rings is 1. The Kier molecular flexibility index (Phi) is 4.55. The molecule has 1 N–H and O–H groups in total. The second-order valence-corrected chi connectivity index (χ2v) is 6.04. The highest BCUT2D eigenvalue weighted by molar-refractivity contribution is 7.13. The molecule has 0 saturated heterocycles. The number of aromatic nitrogens is 2. The molecule has 0 unspecified atom stereocenters. The summed E-state index contributed by atoms with van der Waals surface area (Å²) in [6.07, 6.45) is 1.39. The van der Waals surface area contributed by atoms with Crippen LogP contribution in [-0.4, -0.2) is 10.9 Å². The summed E-state index contributed by atoms with van der Waals surface area (Å²) in [5.74, 6) is -0.315. The normalized spacial score (nSPS) is 10.5. The van der Waals surface area contributed by atoms with E-state index >= 15 is 0 Å². The predicted molar refractivity (Wildman–Crippen MR) is 89.1 cm³/mol. The van der Waals surface area contributed by atoms with Crippen LogP contribution in [0.2, 0.25) is 5.02 Å². The molecule has 0 saturated carbocycles. The quantitative estimate of drug-likeness (QED) is 0.583. The number of rotatable bonds is 4. The highest BCUT2D eigenvalue weighted by Crippen LogP contribution is 2.25. The van der Waals surface area contributed by atoms with Gasteiger partial charge in [0.05, 0.1) is 0 Å². The smallest absolute Gasteiger partial charge is 0.271 e. The Morgan fingerprint density at radius 2 is 2.04 bits per heavy atom. The molecule has 1 aromatic carbocycles. The molecule has 0 aliphatic carbocycles. The molecule has 0 fully saturated rings. The lowest BCUT2D eigenvalue weighted by Crippen LogP contribution is -2.35. The van der Waals surface area contributed by atoms with Crippen molar-refractivity contribution in [2.45, 2.75) is 6.54 Å². The molecule has 3 aromatic rings. The third kappa shape index (κ3) is 3.67. The molecule has 2 aromatic heterocycles. The summed E-state index contributed by atoms with van der Waals surface area (Å²) in [6.45, 7) is 0.150. The lowest BCUT2D eigenvalue weighted by Gasteiger charge is -2.04. The van der Waals surface area contributed by atoms with E-state index in [1.54, 1.807) is 35.7 Å². The van der Waals surface area contributed by atoms with Gasteiger partial charge in [0.2, 0.25) is 5.69 Å². The van der Waals surface area contributed by atoms with Gasteiger partial charge >= 0.3 is 0 Å². The zero-order valence-corrected chi connectivity index (χ0v) is 13.5. The standard InChI is InChI=1S/C16H12ClN3O2S/c17-12-6-4-11(5-7-12)16-19-14(10-23-16)15(21)18-9-13-3-1-2-8-20(13)22/h1-8,10H,9H2,(H,18,21). The number of nitrogens with one attached hydrogen (secondary N) is 1. The molecule has 3 rings (SSSR count). The molecule has 5 nitrogen and oxygen atoms in total.